The molecule has 4 heteroatoms. The van der Waals surface area contributed by atoms with E-state index in [1.165, 1.54) is 12.1 Å². The van der Waals surface area contributed by atoms with Gasteiger partial charge in [-0.25, -0.2) is 4.79 Å². The number of hydrogen-bond acceptors (Lipinski definition) is 3. The molecular formula is C11H11NO3. The summed E-state index contributed by atoms with van der Waals surface area (Å²) in [5.41, 5.74) is 6.50. The van der Waals surface area contributed by atoms with E-state index in [1.54, 1.807) is 18.2 Å². The first-order chi connectivity index (χ1) is 7.15. The molecule has 4 nitrogen and oxygen atoms in total. The molecule has 0 amide bonds. The number of aldehydes is 1. The molecule has 15 heavy (non-hydrogen) atoms. The number of carbonyl (C=O) groups is 2. The highest BCUT2D eigenvalue weighted by atomic mass is 16.4. The third-order valence-corrected chi connectivity index (χ3v) is 1.85. The van der Waals surface area contributed by atoms with Crippen molar-refractivity contribution in [1.29, 1.82) is 0 Å². The van der Waals surface area contributed by atoms with Crippen LogP contribution >= 0.6 is 0 Å². The van der Waals surface area contributed by atoms with Gasteiger partial charge >= 0.3 is 5.97 Å². The topological polar surface area (TPSA) is 80.4 Å². The van der Waals surface area contributed by atoms with Crippen molar-refractivity contribution in [3.8, 4) is 0 Å². The number of carbonyl (C=O) groups excluding carboxylic acids is 1. The number of benzene rings is 1. The molecule has 1 aromatic rings. The Hall–Kier alpha value is -2.10. The predicted octanol–water partition coefficient (Wildman–Crippen LogP) is 1.57. The molecule has 0 aliphatic carbocycles. The van der Waals surface area contributed by atoms with Gasteiger partial charge in [0.2, 0.25) is 0 Å². The number of hydrogen-bond donors (Lipinski definition) is 2. The molecule has 0 saturated carbocycles. The molecule has 0 aromatic heterocycles. The van der Waals surface area contributed by atoms with Gasteiger partial charge in [-0.05, 0) is 17.7 Å². The van der Waals surface area contributed by atoms with Crippen LogP contribution in [-0.4, -0.2) is 17.4 Å². The summed E-state index contributed by atoms with van der Waals surface area (Å²) in [5, 5.41) is 8.80. The monoisotopic (exact) mass is 205 g/mol. The van der Waals surface area contributed by atoms with Gasteiger partial charge in [-0.1, -0.05) is 18.2 Å². The number of rotatable bonds is 4. The Morgan fingerprint density at radius 2 is 2.20 bits per heavy atom. The molecule has 0 aliphatic rings. The van der Waals surface area contributed by atoms with Crippen LogP contribution in [0.3, 0.4) is 0 Å². The number of nitrogens with two attached hydrogens (primary N) is 1. The molecule has 0 radical (unpaired) electrons. The zero-order valence-corrected chi connectivity index (χ0v) is 8.01. The first-order valence-electron chi connectivity index (χ1n) is 4.38. The van der Waals surface area contributed by atoms with E-state index in [4.69, 9.17) is 10.8 Å². The molecule has 0 unspecified atom stereocenters. The summed E-state index contributed by atoms with van der Waals surface area (Å²) in [6, 6.07) is 4.70. The summed E-state index contributed by atoms with van der Waals surface area (Å²) in [6.07, 6.45) is 4.42. The highest BCUT2D eigenvalue weighted by Crippen LogP contribution is 2.15. The number of anilines is 1. The fourth-order valence-corrected chi connectivity index (χ4v) is 1.12. The average Bonchev–Trinajstić information content (AvgIpc) is 2.20. The van der Waals surface area contributed by atoms with Gasteiger partial charge in [0.1, 0.15) is 6.29 Å². The maximum absolute atomic E-state index is 10.7. The van der Waals surface area contributed by atoms with Crippen LogP contribution in [0.15, 0.2) is 24.3 Å². The van der Waals surface area contributed by atoms with Crippen molar-refractivity contribution in [1.82, 2.24) is 0 Å². The van der Waals surface area contributed by atoms with Gasteiger partial charge in [0.25, 0.3) is 0 Å². The maximum atomic E-state index is 10.7. The lowest BCUT2D eigenvalue weighted by Crippen LogP contribution is -2.02. The van der Waals surface area contributed by atoms with E-state index < -0.39 is 5.97 Å². The molecule has 1 rings (SSSR count). The molecule has 0 bridgehead atoms. The van der Waals surface area contributed by atoms with Gasteiger partial charge in [-0.15, -0.1) is 0 Å². The molecule has 3 N–H and O–H groups in total. The van der Waals surface area contributed by atoms with Crippen molar-refractivity contribution in [3.05, 3.63) is 35.4 Å². The van der Waals surface area contributed by atoms with Gasteiger partial charge in [0, 0.05) is 12.1 Å². The van der Waals surface area contributed by atoms with E-state index in [1.807, 2.05) is 0 Å². The van der Waals surface area contributed by atoms with Gasteiger partial charge in [-0.3, -0.25) is 0 Å². The van der Waals surface area contributed by atoms with Gasteiger partial charge in [0.15, 0.2) is 0 Å². The standard InChI is InChI=1S/C11H11NO3/c12-10-5-4-8(3-1-2-6-13)7-9(10)11(14)15/h1,3-7H,2,12H2,(H,14,15). The third-order valence-electron chi connectivity index (χ3n) is 1.85. The highest BCUT2D eigenvalue weighted by molar-refractivity contribution is 5.94. The Labute approximate surface area is 87.0 Å². The lowest BCUT2D eigenvalue weighted by Gasteiger charge is -2.01. The molecule has 0 spiro atoms. The van der Waals surface area contributed by atoms with Crippen LogP contribution in [-0.2, 0) is 4.79 Å². The molecule has 0 atom stereocenters. The van der Waals surface area contributed by atoms with E-state index in [2.05, 4.69) is 0 Å². The number of carboxylic acids is 1. The minimum absolute atomic E-state index is 0.0725. The number of aromatic carboxylic acids is 1. The normalized spacial score (nSPS) is 10.4. The summed E-state index contributed by atoms with van der Waals surface area (Å²) >= 11 is 0. The zero-order chi connectivity index (χ0) is 11.3. The van der Waals surface area contributed by atoms with Crippen LogP contribution in [0.5, 0.6) is 0 Å². The minimum atomic E-state index is -1.06. The highest BCUT2D eigenvalue weighted by Gasteiger charge is 2.06. The zero-order valence-electron chi connectivity index (χ0n) is 8.01. The summed E-state index contributed by atoms with van der Waals surface area (Å²) in [4.78, 5) is 20.8. The van der Waals surface area contributed by atoms with Crippen LogP contribution in [0, 0.1) is 0 Å². The van der Waals surface area contributed by atoms with E-state index >= 15 is 0 Å². The SMILES string of the molecule is Nc1ccc(C=CCC=O)cc1C(=O)O. The fourth-order valence-electron chi connectivity index (χ4n) is 1.12. The second kappa shape index (κ2) is 4.95. The van der Waals surface area contributed by atoms with E-state index in [9.17, 15) is 9.59 Å². The van der Waals surface area contributed by atoms with Crippen LogP contribution in [0.1, 0.15) is 22.3 Å². The van der Waals surface area contributed by atoms with Crippen molar-refractivity contribution in [3.63, 3.8) is 0 Å². The lowest BCUT2D eigenvalue weighted by molar-refractivity contribution is -0.107. The Morgan fingerprint density at radius 3 is 2.80 bits per heavy atom. The molecule has 78 valence electrons. The molecule has 0 aliphatic heterocycles. The minimum Gasteiger partial charge on any atom is -0.478 e. The van der Waals surface area contributed by atoms with E-state index in [0.717, 1.165) is 6.29 Å². The molecule has 1 aromatic carbocycles. The van der Waals surface area contributed by atoms with Crippen molar-refractivity contribution in [2.45, 2.75) is 6.42 Å². The molecule has 0 heterocycles. The second-order valence-electron chi connectivity index (χ2n) is 2.96. The summed E-state index contributed by atoms with van der Waals surface area (Å²) < 4.78 is 0. The van der Waals surface area contributed by atoms with Gasteiger partial charge < -0.3 is 15.6 Å². The lowest BCUT2D eigenvalue weighted by atomic mass is 10.1. The maximum Gasteiger partial charge on any atom is 0.337 e. The fraction of sp³-hybridized carbons (Fsp3) is 0.0909. The predicted molar refractivity (Wildman–Crippen MR) is 57.5 cm³/mol. The van der Waals surface area contributed by atoms with Gasteiger partial charge in [0.05, 0.1) is 5.56 Å². The van der Waals surface area contributed by atoms with Crippen LogP contribution in [0.4, 0.5) is 5.69 Å². The quantitative estimate of drug-likeness (QED) is 0.577. The Bertz CT molecular complexity index is 410. The van der Waals surface area contributed by atoms with Crippen LogP contribution < -0.4 is 5.73 Å². The Balaban J connectivity index is 2.97. The van der Waals surface area contributed by atoms with Crippen LogP contribution in [0.2, 0.25) is 0 Å². The van der Waals surface area contributed by atoms with Crippen molar-refractivity contribution in [2.24, 2.45) is 0 Å². The van der Waals surface area contributed by atoms with Crippen molar-refractivity contribution >= 4 is 24.0 Å². The first-order valence-corrected chi connectivity index (χ1v) is 4.38. The summed E-state index contributed by atoms with van der Waals surface area (Å²) in [5.74, 6) is -1.06. The Morgan fingerprint density at radius 1 is 1.47 bits per heavy atom. The average molecular weight is 205 g/mol. The number of allylic oxidation sites excluding steroid dienone is 1. The van der Waals surface area contributed by atoms with E-state index in [0.29, 0.717) is 12.0 Å². The molecule has 0 fully saturated rings. The number of nitrogen functional groups attached to an aromatic ring is 1. The first kappa shape index (κ1) is 11.0. The smallest absolute Gasteiger partial charge is 0.337 e. The summed E-state index contributed by atoms with van der Waals surface area (Å²) in [6.45, 7) is 0. The second-order valence-corrected chi connectivity index (χ2v) is 2.96. The van der Waals surface area contributed by atoms with Gasteiger partial charge in [-0.2, -0.15) is 0 Å². The van der Waals surface area contributed by atoms with Crippen molar-refractivity contribution < 1.29 is 14.7 Å². The largest absolute Gasteiger partial charge is 0.478 e. The molecule has 0 saturated heterocycles. The Kier molecular flexibility index (Phi) is 3.62. The third kappa shape index (κ3) is 2.95. The van der Waals surface area contributed by atoms with Crippen LogP contribution in [0.25, 0.3) is 6.08 Å². The van der Waals surface area contributed by atoms with E-state index in [-0.39, 0.29) is 11.3 Å². The van der Waals surface area contributed by atoms with Crippen molar-refractivity contribution in [2.75, 3.05) is 5.73 Å². The summed E-state index contributed by atoms with van der Waals surface area (Å²) in [7, 11) is 0. The molecular weight excluding hydrogens is 194 g/mol. The number of carboxylic acid groups (broad SMARTS) is 1.